The first-order chi connectivity index (χ1) is 4.33. The fraction of sp³-hybridized carbons (Fsp3) is 0.167. The minimum Gasteiger partial charge on any atom is -0.360 e. The Bertz CT molecular complexity index is 207. The van der Waals surface area contributed by atoms with E-state index in [1.165, 1.54) is 0 Å². The highest BCUT2D eigenvalue weighted by Gasteiger charge is 1.96. The smallest absolute Gasteiger partial charge is 0.172 e. The maximum absolute atomic E-state index is 5.46. The molecular formula is C6H6ClNO. The zero-order valence-corrected chi connectivity index (χ0v) is 5.56. The summed E-state index contributed by atoms with van der Waals surface area (Å²) in [4.78, 5) is 0. The molecule has 0 aliphatic carbocycles. The van der Waals surface area contributed by atoms with Gasteiger partial charge in [-0.15, -0.1) is 6.58 Å². The van der Waals surface area contributed by atoms with Gasteiger partial charge in [-0.05, 0) is 0 Å². The van der Waals surface area contributed by atoms with Gasteiger partial charge in [-0.25, -0.2) is 0 Å². The van der Waals surface area contributed by atoms with E-state index in [1.54, 1.807) is 12.1 Å². The molecule has 0 aliphatic rings. The molecule has 0 atom stereocenters. The van der Waals surface area contributed by atoms with E-state index < -0.39 is 0 Å². The normalized spacial score (nSPS) is 9.44. The van der Waals surface area contributed by atoms with Crippen LogP contribution in [0.1, 0.15) is 5.76 Å². The predicted molar refractivity (Wildman–Crippen MR) is 35.4 cm³/mol. The van der Waals surface area contributed by atoms with E-state index in [2.05, 4.69) is 11.7 Å². The van der Waals surface area contributed by atoms with Crippen LogP contribution < -0.4 is 0 Å². The Morgan fingerprint density at radius 3 is 3.11 bits per heavy atom. The predicted octanol–water partition coefficient (Wildman–Crippen LogP) is 2.06. The average Bonchev–Trinajstić information content (AvgIpc) is 2.17. The zero-order chi connectivity index (χ0) is 6.69. The summed E-state index contributed by atoms with van der Waals surface area (Å²) in [5.41, 5.74) is 0. The first-order valence-corrected chi connectivity index (χ1v) is 2.92. The molecule has 1 aromatic rings. The summed E-state index contributed by atoms with van der Waals surface area (Å²) in [5, 5.41) is 3.87. The summed E-state index contributed by atoms with van der Waals surface area (Å²) >= 11 is 5.46. The van der Waals surface area contributed by atoms with E-state index in [-0.39, 0.29) is 0 Å². The molecule has 0 bridgehead atoms. The van der Waals surface area contributed by atoms with Crippen molar-refractivity contribution >= 4 is 11.6 Å². The second-order valence-corrected chi connectivity index (χ2v) is 2.00. The van der Waals surface area contributed by atoms with Crippen molar-refractivity contribution in [2.45, 2.75) is 6.42 Å². The van der Waals surface area contributed by atoms with Gasteiger partial charge in [0.2, 0.25) is 0 Å². The number of nitrogens with zero attached hydrogens (tertiary/aromatic N) is 1. The van der Waals surface area contributed by atoms with Crippen molar-refractivity contribution in [3.05, 3.63) is 29.6 Å². The average molecular weight is 144 g/mol. The summed E-state index contributed by atoms with van der Waals surface area (Å²) in [6.45, 7) is 3.53. The lowest BCUT2D eigenvalue weighted by atomic mass is 10.3. The van der Waals surface area contributed by atoms with Crippen LogP contribution in [-0.2, 0) is 6.42 Å². The molecule has 0 fully saturated rings. The van der Waals surface area contributed by atoms with E-state index in [4.69, 9.17) is 16.1 Å². The number of hydrogen-bond acceptors (Lipinski definition) is 2. The minimum atomic E-state index is 0.395. The lowest BCUT2D eigenvalue weighted by molar-refractivity contribution is 0.391. The molecule has 9 heavy (non-hydrogen) atoms. The third kappa shape index (κ3) is 1.57. The van der Waals surface area contributed by atoms with E-state index in [0.717, 1.165) is 5.76 Å². The summed E-state index contributed by atoms with van der Waals surface area (Å²) in [6.07, 6.45) is 2.41. The lowest BCUT2D eigenvalue weighted by Gasteiger charge is -1.79. The SMILES string of the molecule is C=CCc1cc(Cl)no1. The van der Waals surface area contributed by atoms with Gasteiger partial charge < -0.3 is 4.52 Å². The van der Waals surface area contributed by atoms with Crippen LogP contribution in [0.4, 0.5) is 0 Å². The quantitative estimate of drug-likeness (QED) is 0.593. The summed E-state index contributed by atoms with van der Waals surface area (Å²) in [7, 11) is 0. The number of aromatic nitrogens is 1. The highest BCUT2D eigenvalue weighted by molar-refractivity contribution is 6.29. The van der Waals surface area contributed by atoms with Crippen LogP contribution in [0.25, 0.3) is 0 Å². The molecule has 0 radical (unpaired) electrons. The fourth-order valence-corrected chi connectivity index (χ4v) is 0.682. The molecule has 2 nitrogen and oxygen atoms in total. The molecule has 0 saturated heterocycles. The van der Waals surface area contributed by atoms with E-state index in [0.29, 0.717) is 11.6 Å². The third-order valence-corrected chi connectivity index (χ3v) is 1.05. The van der Waals surface area contributed by atoms with Crippen LogP contribution >= 0.6 is 11.6 Å². The number of allylic oxidation sites excluding steroid dienone is 1. The first kappa shape index (κ1) is 6.36. The molecule has 1 aromatic heterocycles. The number of halogens is 1. The summed E-state index contributed by atoms with van der Waals surface area (Å²) < 4.78 is 4.75. The number of hydrogen-bond donors (Lipinski definition) is 0. The minimum absolute atomic E-state index is 0.395. The van der Waals surface area contributed by atoms with Gasteiger partial charge in [0.25, 0.3) is 0 Å². The molecule has 0 saturated carbocycles. The van der Waals surface area contributed by atoms with Crippen LogP contribution in [-0.4, -0.2) is 5.16 Å². The number of rotatable bonds is 2. The van der Waals surface area contributed by atoms with Crippen molar-refractivity contribution in [1.29, 1.82) is 0 Å². The fourth-order valence-electron chi connectivity index (χ4n) is 0.526. The Balaban J connectivity index is 2.72. The second kappa shape index (κ2) is 2.69. The highest BCUT2D eigenvalue weighted by Crippen LogP contribution is 2.08. The van der Waals surface area contributed by atoms with Crippen LogP contribution in [0, 0.1) is 0 Å². The molecule has 1 rings (SSSR count). The van der Waals surface area contributed by atoms with Crippen molar-refractivity contribution in [2.24, 2.45) is 0 Å². The van der Waals surface area contributed by atoms with Gasteiger partial charge in [0, 0.05) is 12.5 Å². The molecule has 0 N–H and O–H groups in total. The van der Waals surface area contributed by atoms with Crippen molar-refractivity contribution in [1.82, 2.24) is 5.16 Å². The molecule has 0 aliphatic heterocycles. The monoisotopic (exact) mass is 143 g/mol. The lowest BCUT2D eigenvalue weighted by Crippen LogP contribution is -1.70. The molecule has 3 heteroatoms. The third-order valence-electron chi connectivity index (χ3n) is 0.876. The van der Waals surface area contributed by atoms with E-state index in [1.807, 2.05) is 0 Å². The van der Waals surface area contributed by atoms with Crippen LogP contribution in [0.2, 0.25) is 5.15 Å². The largest absolute Gasteiger partial charge is 0.360 e. The van der Waals surface area contributed by atoms with E-state index >= 15 is 0 Å². The first-order valence-electron chi connectivity index (χ1n) is 2.55. The summed E-state index contributed by atoms with van der Waals surface area (Å²) in [5.74, 6) is 0.745. The Morgan fingerprint density at radius 2 is 2.67 bits per heavy atom. The maximum atomic E-state index is 5.46. The van der Waals surface area contributed by atoms with Crippen molar-refractivity contribution in [3.63, 3.8) is 0 Å². The molecule has 0 spiro atoms. The molecule has 0 amide bonds. The molecule has 48 valence electrons. The standard InChI is InChI=1S/C6H6ClNO/c1-2-3-5-4-6(7)8-9-5/h2,4H,1,3H2. The van der Waals surface area contributed by atoms with Gasteiger partial charge in [0.05, 0.1) is 0 Å². The molecular weight excluding hydrogens is 138 g/mol. The van der Waals surface area contributed by atoms with Crippen LogP contribution in [0.3, 0.4) is 0 Å². The molecule has 0 unspecified atom stereocenters. The Labute approximate surface area is 58.1 Å². The Hall–Kier alpha value is -0.760. The molecule has 1 heterocycles. The van der Waals surface area contributed by atoms with Crippen LogP contribution in [0.15, 0.2) is 23.2 Å². The van der Waals surface area contributed by atoms with Crippen LogP contribution in [0.5, 0.6) is 0 Å². The second-order valence-electron chi connectivity index (χ2n) is 1.61. The van der Waals surface area contributed by atoms with E-state index in [9.17, 15) is 0 Å². The summed E-state index contributed by atoms with van der Waals surface area (Å²) in [6, 6.07) is 1.67. The van der Waals surface area contributed by atoms with Gasteiger partial charge in [0.1, 0.15) is 5.76 Å². The van der Waals surface area contributed by atoms with Gasteiger partial charge in [-0.2, -0.15) is 0 Å². The highest BCUT2D eigenvalue weighted by atomic mass is 35.5. The van der Waals surface area contributed by atoms with Crippen molar-refractivity contribution in [3.8, 4) is 0 Å². The topological polar surface area (TPSA) is 26.0 Å². The van der Waals surface area contributed by atoms with Gasteiger partial charge in [-0.3, -0.25) is 0 Å². The van der Waals surface area contributed by atoms with Crippen molar-refractivity contribution < 1.29 is 4.52 Å². The molecule has 0 aromatic carbocycles. The Kier molecular flexibility index (Phi) is 1.90. The zero-order valence-electron chi connectivity index (χ0n) is 4.80. The van der Waals surface area contributed by atoms with Crippen molar-refractivity contribution in [2.75, 3.05) is 0 Å². The van der Waals surface area contributed by atoms with Gasteiger partial charge in [-0.1, -0.05) is 22.8 Å². The maximum Gasteiger partial charge on any atom is 0.172 e. The van der Waals surface area contributed by atoms with Gasteiger partial charge >= 0.3 is 0 Å². The van der Waals surface area contributed by atoms with Gasteiger partial charge in [0.15, 0.2) is 5.15 Å². The Morgan fingerprint density at radius 1 is 1.89 bits per heavy atom.